The molecule has 22 heavy (non-hydrogen) atoms. The zero-order valence-electron chi connectivity index (χ0n) is 13.4. The summed E-state index contributed by atoms with van der Waals surface area (Å²) in [5, 5.41) is 11.1. The standard InChI is InChI=1S/C15H23N7/c1-10(2)6-12(15-19-9-20-22(15)3)21-14-11-4-5-16-7-13(11)17-8-18-14/h8-10,12,16H,4-7H2,1-3H3,(H,17,18,21)/t12-/m1/s1. The summed E-state index contributed by atoms with van der Waals surface area (Å²) >= 11 is 0. The number of aryl methyl sites for hydroxylation is 1. The molecule has 0 bridgehead atoms. The lowest BCUT2D eigenvalue weighted by molar-refractivity contribution is 0.496. The highest BCUT2D eigenvalue weighted by Crippen LogP contribution is 2.27. The third-order valence-corrected chi connectivity index (χ3v) is 3.95. The van der Waals surface area contributed by atoms with Crippen LogP contribution in [-0.2, 0) is 20.0 Å². The van der Waals surface area contributed by atoms with Gasteiger partial charge < -0.3 is 10.6 Å². The van der Waals surface area contributed by atoms with Gasteiger partial charge in [-0.1, -0.05) is 13.8 Å². The number of anilines is 1. The summed E-state index contributed by atoms with van der Waals surface area (Å²) in [6.45, 7) is 6.20. The second-order valence-electron chi connectivity index (χ2n) is 6.14. The Labute approximate surface area is 130 Å². The lowest BCUT2D eigenvalue weighted by atomic mass is 10.0. The fourth-order valence-corrected chi connectivity index (χ4v) is 2.89. The fourth-order valence-electron chi connectivity index (χ4n) is 2.89. The van der Waals surface area contributed by atoms with E-state index in [4.69, 9.17) is 0 Å². The summed E-state index contributed by atoms with van der Waals surface area (Å²) in [5.74, 6) is 2.42. The molecule has 0 radical (unpaired) electrons. The number of nitrogens with one attached hydrogen (secondary N) is 2. The normalized spacial score (nSPS) is 15.6. The van der Waals surface area contributed by atoms with E-state index in [1.807, 2.05) is 11.7 Å². The average Bonchev–Trinajstić information content (AvgIpc) is 2.92. The van der Waals surface area contributed by atoms with E-state index in [0.29, 0.717) is 5.92 Å². The first-order chi connectivity index (χ1) is 10.6. The molecule has 0 fully saturated rings. The minimum Gasteiger partial charge on any atom is -0.360 e. The SMILES string of the molecule is CC(C)C[C@@H](Nc1ncnc2c1CCNC2)c1ncnn1C. The Morgan fingerprint density at radius 1 is 1.27 bits per heavy atom. The predicted octanol–water partition coefficient (Wildman–Crippen LogP) is 1.45. The Hall–Kier alpha value is -2.02. The lowest BCUT2D eigenvalue weighted by Gasteiger charge is -2.24. The van der Waals surface area contributed by atoms with Gasteiger partial charge in [-0.25, -0.2) is 15.0 Å². The van der Waals surface area contributed by atoms with Gasteiger partial charge in [-0.2, -0.15) is 5.10 Å². The van der Waals surface area contributed by atoms with E-state index in [-0.39, 0.29) is 6.04 Å². The highest BCUT2D eigenvalue weighted by molar-refractivity contribution is 5.48. The van der Waals surface area contributed by atoms with Crippen LogP contribution in [0.3, 0.4) is 0 Å². The molecule has 0 saturated carbocycles. The van der Waals surface area contributed by atoms with Crippen LogP contribution >= 0.6 is 0 Å². The molecule has 0 spiro atoms. The zero-order valence-corrected chi connectivity index (χ0v) is 13.4. The molecule has 118 valence electrons. The lowest BCUT2D eigenvalue weighted by Crippen LogP contribution is -2.27. The van der Waals surface area contributed by atoms with E-state index in [9.17, 15) is 0 Å². The zero-order chi connectivity index (χ0) is 15.5. The Balaban J connectivity index is 1.89. The molecule has 1 atom stereocenters. The van der Waals surface area contributed by atoms with E-state index < -0.39 is 0 Å². The molecule has 2 aromatic heterocycles. The van der Waals surface area contributed by atoms with Gasteiger partial charge in [-0.05, 0) is 25.3 Å². The van der Waals surface area contributed by atoms with Gasteiger partial charge >= 0.3 is 0 Å². The number of hydrogen-bond acceptors (Lipinski definition) is 6. The molecule has 3 rings (SSSR count). The van der Waals surface area contributed by atoms with Crippen molar-refractivity contribution in [2.45, 2.75) is 39.3 Å². The first-order valence-electron chi connectivity index (χ1n) is 7.79. The topological polar surface area (TPSA) is 80.6 Å². The maximum atomic E-state index is 4.47. The van der Waals surface area contributed by atoms with Crippen LogP contribution < -0.4 is 10.6 Å². The Morgan fingerprint density at radius 2 is 2.14 bits per heavy atom. The maximum Gasteiger partial charge on any atom is 0.149 e. The Kier molecular flexibility index (Phi) is 4.33. The van der Waals surface area contributed by atoms with Crippen molar-refractivity contribution >= 4 is 5.82 Å². The number of nitrogens with zero attached hydrogens (tertiary/aromatic N) is 5. The third-order valence-electron chi connectivity index (χ3n) is 3.95. The molecule has 1 aliphatic heterocycles. The summed E-state index contributed by atoms with van der Waals surface area (Å²) in [6.07, 6.45) is 5.16. The van der Waals surface area contributed by atoms with E-state index >= 15 is 0 Å². The molecular formula is C15H23N7. The molecular weight excluding hydrogens is 278 g/mol. The quantitative estimate of drug-likeness (QED) is 0.870. The van der Waals surface area contributed by atoms with Crippen molar-refractivity contribution in [1.82, 2.24) is 30.0 Å². The molecule has 7 nitrogen and oxygen atoms in total. The van der Waals surface area contributed by atoms with E-state index in [1.165, 1.54) is 5.56 Å². The second kappa shape index (κ2) is 6.39. The molecule has 0 amide bonds. The first-order valence-corrected chi connectivity index (χ1v) is 7.79. The van der Waals surface area contributed by atoms with E-state index in [1.54, 1.807) is 12.7 Å². The van der Waals surface area contributed by atoms with E-state index in [2.05, 4.69) is 44.5 Å². The van der Waals surface area contributed by atoms with Crippen LogP contribution in [-0.4, -0.2) is 31.3 Å². The Morgan fingerprint density at radius 3 is 2.86 bits per heavy atom. The summed E-state index contributed by atoms with van der Waals surface area (Å²) in [5.41, 5.74) is 2.31. The van der Waals surface area contributed by atoms with Crippen LogP contribution in [0.5, 0.6) is 0 Å². The highest BCUT2D eigenvalue weighted by Gasteiger charge is 2.22. The van der Waals surface area contributed by atoms with Crippen LogP contribution in [0.2, 0.25) is 0 Å². The van der Waals surface area contributed by atoms with Gasteiger partial charge in [0.25, 0.3) is 0 Å². The summed E-state index contributed by atoms with van der Waals surface area (Å²) in [6, 6.07) is 0.0985. The Bertz CT molecular complexity index is 635. The number of rotatable bonds is 5. The van der Waals surface area contributed by atoms with Crippen molar-refractivity contribution < 1.29 is 0 Å². The molecule has 0 aliphatic carbocycles. The minimum atomic E-state index is 0.0985. The largest absolute Gasteiger partial charge is 0.360 e. The van der Waals surface area contributed by atoms with Crippen molar-refractivity contribution in [1.29, 1.82) is 0 Å². The molecule has 2 N–H and O–H groups in total. The highest BCUT2D eigenvalue weighted by atomic mass is 15.3. The van der Waals surface area contributed by atoms with Crippen molar-refractivity contribution in [3.8, 4) is 0 Å². The van der Waals surface area contributed by atoms with Gasteiger partial charge in [0.15, 0.2) is 0 Å². The van der Waals surface area contributed by atoms with Gasteiger partial charge in [0.1, 0.15) is 24.3 Å². The van der Waals surface area contributed by atoms with Gasteiger partial charge in [-0.15, -0.1) is 0 Å². The summed E-state index contributed by atoms with van der Waals surface area (Å²) in [7, 11) is 1.93. The predicted molar refractivity (Wildman–Crippen MR) is 84.3 cm³/mol. The number of hydrogen-bond donors (Lipinski definition) is 2. The smallest absolute Gasteiger partial charge is 0.149 e. The second-order valence-corrected chi connectivity index (χ2v) is 6.14. The summed E-state index contributed by atoms with van der Waals surface area (Å²) in [4.78, 5) is 13.3. The van der Waals surface area contributed by atoms with Gasteiger partial charge in [-0.3, -0.25) is 4.68 Å². The first kappa shape index (κ1) is 14.9. The van der Waals surface area contributed by atoms with Crippen LogP contribution in [0.15, 0.2) is 12.7 Å². The van der Waals surface area contributed by atoms with Crippen LogP contribution in [0, 0.1) is 5.92 Å². The number of aromatic nitrogens is 5. The van der Waals surface area contributed by atoms with Crippen LogP contribution in [0.1, 0.15) is 43.4 Å². The van der Waals surface area contributed by atoms with Crippen molar-refractivity contribution in [3.05, 3.63) is 29.7 Å². The van der Waals surface area contributed by atoms with Gasteiger partial charge in [0.2, 0.25) is 0 Å². The molecule has 1 aliphatic rings. The molecule has 0 aromatic carbocycles. The molecule has 2 aromatic rings. The molecule has 0 unspecified atom stereocenters. The monoisotopic (exact) mass is 301 g/mol. The summed E-state index contributed by atoms with van der Waals surface area (Å²) < 4.78 is 1.83. The van der Waals surface area contributed by atoms with Crippen LogP contribution in [0.4, 0.5) is 5.82 Å². The van der Waals surface area contributed by atoms with E-state index in [0.717, 1.165) is 43.3 Å². The molecule has 0 saturated heterocycles. The molecule has 3 heterocycles. The third kappa shape index (κ3) is 3.09. The van der Waals surface area contributed by atoms with Crippen LogP contribution in [0.25, 0.3) is 0 Å². The van der Waals surface area contributed by atoms with Gasteiger partial charge in [0.05, 0.1) is 11.7 Å². The van der Waals surface area contributed by atoms with Crippen molar-refractivity contribution in [3.63, 3.8) is 0 Å². The average molecular weight is 301 g/mol. The van der Waals surface area contributed by atoms with Gasteiger partial charge in [0, 0.05) is 19.2 Å². The fraction of sp³-hybridized carbons (Fsp3) is 0.600. The van der Waals surface area contributed by atoms with Crippen molar-refractivity contribution in [2.75, 3.05) is 11.9 Å². The minimum absolute atomic E-state index is 0.0985. The maximum absolute atomic E-state index is 4.47. The molecule has 7 heteroatoms. The number of fused-ring (bicyclic) bond motifs is 1. The van der Waals surface area contributed by atoms with Crippen molar-refractivity contribution in [2.24, 2.45) is 13.0 Å².